The molecule has 1 aliphatic heterocycles. The van der Waals surface area contributed by atoms with Crippen molar-refractivity contribution in [2.45, 2.75) is 32.4 Å². The molecule has 2 N–H and O–H groups in total. The molecule has 1 atom stereocenters. The number of hydrogen-bond acceptors (Lipinski definition) is 4. The van der Waals surface area contributed by atoms with Crippen molar-refractivity contribution in [2.24, 2.45) is 5.73 Å². The fraction of sp³-hybridized carbons (Fsp3) is 0.400. The molecule has 0 saturated carbocycles. The van der Waals surface area contributed by atoms with Gasteiger partial charge in [-0.3, -0.25) is 0 Å². The summed E-state index contributed by atoms with van der Waals surface area (Å²) in [6.45, 7) is 3.15. The van der Waals surface area contributed by atoms with Crippen molar-refractivity contribution in [3.05, 3.63) is 42.0 Å². The fourth-order valence-corrected chi connectivity index (χ4v) is 2.42. The highest BCUT2D eigenvalue weighted by atomic mass is 16.7. The van der Waals surface area contributed by atoms with E-state index in [0.29, 0.717) is 0 Å². The van der Waals surface area contributed by atoms with Crippen LogP contribution < -0.4 is 15.2 Å². The fourth-order valence-electron chi connectivity index (χ4n) is 2.42. The SMILES string of the molecule is CCCc1nccn1CC(N)c1ccc2c(c1)OCO2. The molecule has 0 aliphatic carbocycles. The van der Waals surface area contributed by atoms with Gasteiger partial charge in [0.05, 0.1) is 0 Å². The van der Waals surface area contributed by atoms with E-state index in [1.807, 2.05) is 30.6 Å². The van der Waals surface area contributed by atoms with Crippen LogP contribution in [-0.4, -0.2) is 16.3 Å². The monoisotopic (exact) mass is 273 g/mol. The average Bonchev–Trinajstić information content (AvgIpc) is 3.07. The lowest BCUT2D eigenvalue weighted by molar-refractivity contribution is 0.174. The molecular weight excluding hydrogens is 254 g/mol. The standard InChI is InChI=1S/C15H19N3O2/c1-2-3-15-17-6-7-18(15)9-12(16)11-4-5-13-14(8-11)20-10-19-13/h4-8,12H,2-3,9-10,16H2,1H3. The maximum Gasteiger partial charge on any atom is 0.231 e. The van der Waals surface area contributed by atoms with Gasteiger partial charge in [0.1, 0.15) is 5.82 Å². The van der Waals surface area contributed by atoms with Crippen molar-refractivity contribution in [3.8, 4) is 11.5 Å². The summed E-state index contributed by atoms with van der Waals surface area (Å²) < 4.78 is 12.8. The molecule has 0 radical (unpaired) electrons. The number of benzene rings is 1. The number of aromatic nitrogens is 2. The Bertz CT molecular complexity index is 595. The first-order chi connectivity index (χ1) is 9.78. The van der Waals surface area contributed by atoms with Crippen LogP contribution >= 0.6 is 0 Å². The topological polar surface area (TPSA) is 62.3 Å². The second-order valence-corrected chi connectivity index (χ2v) is 4.97. The summed E-state index contributed by atoms with van der Waals surface area (Å²) in [5.41, 5.74) is 7.35. The molecule has 106 valence electrons. The van der Waals surface area contributed by atoms with Gasteiger partial charge in [0.2, 0.25) is 6.79 Å². The first kappa shape index (κ1) is 13.0. The van der Waals surface area contributed by atoms with E-state index in [-0.39, 0.29) is 12.8 Å². The summed E-state index contributed by atoms with van der Waals surface area (Å²) in [5.74, 6) is 2.65. The van der Waals surface area contributed by atoms with E-state index in [4.69, 9.17) is 15.2 Å². The Morgan fingerprint density at radius 3 is 3.05 bits per heavy atom. The van der Waals surface area contributed by atoms with E-state index in [9.17, 15) is 0 Å². The van der Waals surface area contributed by atoms with E-state index >= 15 is 0 Å². The van der Waals surface area contributed by atoms with Crippen LogP contribution in [0.1, 0.15) is 30.8 Å². The number of ether oxygens (including phenoxy) is 2. The summed E-state index contributed by atoms with van der Waals surface area (Å²) in [6, 6.07) is 5.78. The van der Waals surface area contributed by atoms with Gasteiger partial charge in [-0.05, 0) is 24.1 Å². The average molecular weight is 273 g/mol. The molecule has 2 heterocycles. The van der Waals surface area contributed by atoms with Gasteiger partial charge in [-0.2, -0.15) is 0 Å². The molecule has 0 spiro atoms. The number of rotatable bonds is 5. The molecule has 1 unspecified atom stereocenters. The van der Waals surface area contributed by atoms with Crippen molar-refractivity contribution in [2.75, 3.05) is 6.79 Å². The quantitative estimate of drug-likeness (QED) is 0.907. The minimum Gasteiger partial charge on any atom is -0.454 e. The maximum absolute atomic E-state index is 6.30. The second kappa shape index (κ2) is 5.54. The summed E-state index contributed by atoms with van der Waals surface area (Å²) >= 11 is 0. The van der Waals surface area contributed by atoms with Crippen LogP contribution in [0.25, 0.3) is 0 Å². The number of aryl methyl sites for hydroxylation is 1. The molecule has 5 heteroatoms. The van der Waals surface area contributed by atoms with Crippen molar-refractivity contribution in [3.63, 3.8) is 0 Å². The third kappa shape index (κ3) is 2.49. The normalized spacial score (nSPS) is 14.5. The predicted octanol–water partition coefficient (Wildman–Crippen LogP) is 2.26. The van der Waals surface area contributed by atoms with Crippen LogP contribution in [0, 0.1) is 0 Å². The van der Waals surface area contributed by atoms with Gasteiger partial charge in [-0.1, -0.05) is 13.0 Å². The molecule has 3 rings (SSSR count). The Morgan fingerprint density at radius 1 is 1.35 bits per heavy atom. The van der Waals surface area contributed by atoms with Crippen molar-refractivity contribution < 1.29 is 9.47 Å². The van der Waals surface area contributed by atoms with Crippen molar-refractivity contribution >= 4 is 0 Å². The number of imidazole rings is 1. The van der Waals surface area contributed by atoms with Gasteiger partial charge in [-0.25, -0.2) is 4.98 Å². The van der Waals surface area contributed by atoms with E-state index in [1.165, 1.54) is 0 Å². The van der Waals surface area contributed by atoms with Crippen LogP contribution in [0.2, 0.25) is 0 Å². The van der Waals surface area contributed by atoms with E-state index in [0.717, 1.165) is 42.3 Å². The van der Waals surface area contributed by atoms with E-state index in [1.54, 1.807) is 0 Å². The van der Waals surface area contributed by atoms with Gasteiger partial charge < -0.3 is 19.8 Å². The Balaban J connectivity index is 1.75. The lowest BCUT2D eigenvalue weighted by Gasteiger charge is -2.15. The molecule has 0 saturated heterocycles. The minimum atomic E-state index is -0.0886. The molecular formula is C15H19N3O2. The number of nitrogens with two attached hydrogens (primary N) is 1. The third-order valence-electron chi connectivity index (χ3n) is 3.49. The van der Waals surface area contributed by atoms with Gasteiger partial charge >= 0.3 is 0 Å². The lowest BCUT2D eigenvalue weighted by atomic mass is 10.1. The molecule has 1 aliphatic rings. The van der Waals surface area contributed by atoms with Crippen LogP contribution in [0.15, 0.2) is 30.6 Å². The highest BCUT2D eigenvalue weighted by Crippen LogP contribution is 2.34. The molecule has 0 fully saturated rings. The zero-order valence-electron chi connectivity index (χ0n) is 11.6. The van der Waals surface area contributed by atoms with Crippen LogP contribution in [0.5, 0.6) is 11.5 Å². The smallest absolute Gasteiger partial charge is 0.231 e. The van der Waals surface area contributed by atoms with Gasteiger partial charge in [0.25, 0.3) is 0 Å². The molecule has 20 heavy (non-hydrogen) atoms. The third-order valence-corrected chi connectivity index (χ3v) is 3.49. The zero-order chi connectivity index (χ0) is 13.9. The molecule has 1 aromatic heterocycles. The number of hydrogen-bond donors (Lipinski definition) is 1. The lowest BCUT2D eigenvalue weighted by Crippen LogP contribution is -2.18. The zero-order valence-corrected chi connectivity index (χ0v) is 11.6. The first-order valence-corrected chi connectivity index (χ1v) is 6.93. The van der Waals surface area contributed by atoms with Crippen LogP contribution in [0.3, 0.4) is 0 Å². The number of nitrogens with zero attached hydrogens (tertiary/aromatic N) is 2. The molecule has 0 bridgehead atoms. The summed E-state index contributed by atoms with van der Waals surface area (Å²) in [6.07, 6.45) is 5.87. The van der Waals surface area contributed by atoms with Gasteiger partial charge in [0, 0.05) is 31.4 Å². The molecule has 5 nitrogen and oxygen atoms in total. The Morgan fingerprint density at radius 2 is 2.20 bits per heavy atom. The Hall–Kier alpha value is -2.01. The molecule has 0 amide bonds. The summed E-state index contributed by atoms with van der Waals surface area (Å²) in [5, 5.41) is 0. The minimum absolute atomic E-state index is 0.0886. The van der Waals surface area contributed by atoms with Crippen molar-refractivity contribution in [1.29, 1.82) is 0 Å². The van der Waals surface area contributed by atoms with Crippen LogP contribution in [0.4, 0.5) is 0 Å². The van der Waals surface area contributed by atoms with Crippen LogP contribution in [-0.2, 0) is 13.0 Å². The summed E-state index contributed by atoms with van der Waals surface area (Å²) in [7, 11) is 0. The second-order valence-electron chi connectivity index (χ2n) is 4.97. The van der Waals surface area contributed by atoms with Crippen molar-refractivity contribution in [1.82, 2.24) is 9.55 Å². The largest absolute Gasteiger partial charge is 0.454 e. The Labute approximate surface area is 118 Å². The first-order valence-electron chi connectivity index (χ1n) is 6.93. The van der Waals surface area contributed by atoms with Gasteiger partial charge in [0.15, 0.2) is 11.5 Å². The molecule has 1 aromatic carbocycles. The van der Waals surface area contributed by atoms with E-state index in [2.05, 4.69) is 16.5 Å². The van der Waals surface area contributed by atoms with Gasteiger partial charge in [-0.15, -0.1) is 0 Å². The maximum atomic E-state index is 6.30. The van der Waals surface area contributed by atoms with E-state index < -0.39 is 0 Å². The highest BCUT2D eigenvalue weighted by molar-refractivity contribution is 5.45. The highest BCUT2D eigenvalue weighted by Gasteiger charge is 2.16. The Kier molecular flexibility index (Phi) is 3.60. The number of fused-ring (bicyclic) bond motifs is 1. The predicted molar refractivity (Wildman–Crippen MR) is 75.7 cm³/mol. The summed E-state index contributed by atoms with van der Waals surface area (Å²) in [4.78, 5) is 4.37. The molecule has 2 aromatic rings.